The minimum atomic E-state index is -0.0908. The molecule has 2 rings (SSSR count). The second-order valence-corrected chi connectivity index (χ2v) is 6.63. The zero-order valence-corrected chi connectivity index (χ0v) is 16.6. The number of aromatic nitrogens is 2. The summed E-state index contributed by atoms with van der Waals surface area (Å²) in [6.45, 7) is 9.15. The molecule has 2 aromatic rings. The average Bonchev–Trinajstić information content (AvgIpc) is 3.12. The largest absolute Gasteiger partial charge is 0.379 e. The summed E-state index contributed by atoms with van der Waals surface area (Å²) in [7, 11) is 0. The van der Waals surface area contributed by atoms with Gasteiger partial charge >= 0.3 is 0 Å². The van der Waals surface area contributed by atoms with Crippen molar-refractivity contribution in [1.82, 2.24) is 15.1 Å². The van der Waals surface area contributed by atoms with E-state index in [0.717, 1.165) is 30.6 Å². The lowest BCUT2D eigenvalue weighted by Gasteiger charge is -2.13. The summed E-state index contributed by atoms with van der Waals surface area (Å²) in [6.07, 6.45) is 6.07. The van der Waals surface area contributed by atoms with Gasteiger partial charge in [-0.1, -0.05) is 25.5 Å². The van der Waals surface area contributed by atoms with Gasteiger partial charge in [-0.15, -0.1) is 0 Å². The van der Waals surface area contributed by atoms with E-state index in [9.17, 15) is 4.79 Å². The first-order valence-corrected chi connectivity index (χ1v) is 9.66. The molecule has 0 fully saturated rings. The highest BCUT2D eigenvalue weighted by molar-refractivity contribution is 5.94. The Bertz CT molecular complexity index is 682. The highest BCUT2D eigenvalue weighted by Gasteiger charge is 2.10. The van der Waals surface area contributed by atoms with E-state index < -0.39 is 0 Å². The topological polar surface area (TPSA) is 65.4 Å². The maximum atomic E-state index is 12.2. The van der Waals surface area contributed by atoms with Crippen molar-refractivity contribution >= 4 is 5.91 Å². The quantitative estimate of drug-likeness (QED) is 0.580. The molecule has 0 bridgehead atoms. The van der Waals surface area contributed by atoms with Crippen molar-refractivity contribution in [1.29, 1.82) is 0 Å². The number of amides is 1. The Morgan fingerprint density at radius 1 is 1.15 bits per heavy atom. The van der Waals surface area contributed by atoms with Crippen LogP contribution in [0.5, 0.6) is 0 Å². The van der Waals surface area contributed by atoms with Crippen LogP contribution in [-0.4, -0.2) is 48.7 Å². The molecule has 1 atom stereocenters. The van der Waals surface area contributed by atoms with Gasteiger partial charge in [-0.05, 0) is 43.5 Å². The van der Waals surface area contributed by atoms with E-state index in [-0.39, 0.29) is 11.9 Å². The normalized spacial score (nSPS) is 12.1. The summed E-state index contributed by atoms with van der Waals surface area (Å²) >= 11 is 0. The number of rotatable bonds is 12. The molecule has 0 radical (unpaired) electrons. The fourth-order valence-corrected chi connectivity index (χ4v) is 2.62. The zero-order valence-electron chi connectivity index (χ0n) is 16.6. The Morgan fingerprint density at radius 2 is 1.85 bits per heavy atom. The third kappa shape index (κ3) is 7.15. The molecule has 0 aliphatic carbocycles. The van der Waals surface area contributed by atoms with Gasteiger partial charge in [-0.25, -0.2) is 0 Å². The molecular weight excluding hydrogens is 342 g/mol. The van der Waals surface area contributed by atoms with E-state index in [1.807, 2.05) is 48.3 Å². The number of nitrogens with one attached hydrogen (secondary N) is 1. The molecule has 0 spiro atoms. The lowest BCUT2D eigenvalue weighted by molar-refractivity contribution is 0.0472. The van der Waals surface area contributed by atoms with Crippen LogP contribution in [0.4, 0.5) is 0 Å². The van der Waals surface area contributed by atoms with Crippen LogP contribution in [0.2, 0.25) is 0 Å². The molecule has 1 unspecified atom stereocenters. The van der Waals surface area contributed by atoms with Crippen molar-refractivity contribution in [2.75, 3.05) is 33.0 Å². The zero-order chi connectivity index (χ0) is 19.5. The van der Waals surface area contributed by atoms with E-state index in [4.69, 9.17) is 9.47 Å². The lowest BCUT2D eigenvalue weighted by Crippen LogP contribution is -2.27. The van der Waals surface area contributed by atoms with Crippen LogP contribution in [-0.2, 0) is 9.47 Å². The van der Waals surface area contributed by atoms with Crippen LogP contribution in [0.25, 0.3) is 0 Å². The van der Waals surface area contributed by atoms with Gasteiger partial charge in [-0.2, -0.15) is 5.10 Å². The predicted octanol–water partition coefficient (Wildman–Crippen LogP) is 3.36. The molecule has 1 aromatic carbocycles. The van der Waals surface area contributed by atoms with Gasteiger partial charge in [0, 0.05) is 24.9 Å². The summed E-state index contributed by atoms with van der Waals surface area (Å²) in [4.78, 5) is 12.2. The first kappa shape index (κ1) is 21.1. The van der Waals surface area contributed by atoms with Crippen molar-refractivity contribution in [2.45, 2.75) is 39.7 Å². The average molecular weight is 373 g/mol. The van der Waals surface area contributed by atoms with Crippen molar-refractivity contribution in [3.05, 3.63) is 53.3 Å². The minimum absolute atomic E-state index is 0.0908. The molecule has 6 heteroatoms. The Hall–Kier alpha value is -2.18. The monoisotopic (exact) mass is 373 g/mol. The minimum Gasteiger partial charge on any atom is -0.379 e. The summed E-state index contributed by atoms with van der Waals surface area (Å²) in [5.74, 6) is -0.0908. The Kier molecular flexibility index (Phi) is 9.01. The number of benzene rings is 1. The first-order valence-electron chi connectivity index (χ1n) is 9.66. The molecular formula is C21H31N3O3. The van der Waals surface area contributed by atoms with Crippen molar-refractivity contribution < 1.29 is 14.3 Å². The lowest BCUT2D eigenvalue weighted by atomic mass is 10.1. The number of ether oxygens (including phenoxy) is 2. The fourth-order valence-electron chi connectivity index (χ4n) is 2.62. The maximum absolute atomic E-state index is 12.2. The molecule has 0 saturated carbocycles. The summed E-state index contributed by atoms with van der Waals surface area (Å²) in [5.41, 5.74) is 2.89. The molecule has 148 valence electrons. The van der Waals surface area contributed by atoms with Crippen LogP contribution >= 0.6 is 0 Å². The molecule has 0 aliphatic heterocycles. The molecule has 1 N–H and O–H groups in total. The SMILES string of the molecule is CCCCOCCOCCNC(=O)c1ccc(C(C)n2cc(C)cn2)cc1. The van der Waals surface area contributed by atoms with Crippen LogP contribution < -0.4 is 5.32 Å². The number of carbonyl (C=O) groups is 1. The third-order valence-electron chi connectivity index (χ3n) is 4.33. The highest BCUT2D eigenvalue weighted by atomic mass is 16.5. The fraction of sp³-hybridized carbons (Fsp3) is 0.524. The number of unbranched alkanes of at least 4 members (excludes halogenated alkanes) is 1. The first-order chi connectivity index (χ1) is 13.1. The number of aryl methyl sites for hydroxylation is 1. The molecule has 1 aromatic heterocycles. The van der Waals surface area contributed by atoms with Gasteiger partial charge < -0.3 is 14.8 Å². The molecule has 0 saturated heterocycles. The third-order valence-corrected chi connectivity index (χ3v) is 4.33. The molecule has 27 heavy (non-hydrogen) atoms. The number of nitrogens with zero attached hydrogens (tertiary/aromatic N) is 2. The summed E-state index contributed by atoms with van der Waals surface area (Å²) in [6, 6.07) is 7.77. The van der Waals surface area contributed by atoms with E-state index in [0.29, 0.717) is 31.9 Å². The second-order valence-electron chi connectivity index (χ2n) is 6.63. The summed E-state index contributed by atoms with van der Waals surface area (Å²) in [5, 5.41) is 7.22. The van der Waals surface area contributed by atoms with Crippen LogP contribution in [0.1, 0.15) is 54.2 Å². The van der Waals surface area contributed by atoms with Crippen molar-refractivity contribution in [3.8, 4) is 0 Å². The Balaban J connectivity index is 1.68. The van der Waals surface area contributed by atoms with E-state index in [2.05, 4.69) is 24.3 Å². The van der Waals surface area contributed by atoms with Gasteiger partial charge in [0.05, 0.1) is 32.1 Å². The van der Waals surface area contributed by atoms with Crippen LogP contribution in [0.3, 0.4) is 0 Å². The van der Waals surface area contributed by atoms with Gasteiger partial charge in [0.15, 0.2) is 0 Å². The highest BCUT2D eigenvalue weighted by Crippen LogP contribution is 2.18. The second kappa shape index (κ2) is 11.5. The smallest absolute Gasteiger partial charge is 0.251 e. The molecule has 0 aliphatic rings. The van der Waals surface area contributed by atoms with E-state index in [1.165, 1.54) is 0 Å². The van der Waals surface area contributed by atoms with E-state index in [1.54, 1.807) is 0 Å². The Labute approximate surface area is 161 Å². The Morgan fingerprint density at radius 3 is 2.48 bits per heavy atom. The van der Waals surface area contributed by atoms with Gasteiger partial charge in [0.2, 0.25) is 0 Å². The standard InChI is InChI=1S/C21H31N3O3/c1-4-5-11-26-13-14-27-12-10-22-21(25)20-8-6-19(7-9-20)18(3)24-16-17(2)15-23-24/h6-9,15-16,18H,4-5,10-14H2,1-3H3,(H,22,25). The molecule has 1 heterocycles. The number of carbonyl (C=O) groups excluding carboxylic acids is 1. The van der Waals surface area contributed by atoms with Crippen LogP contribution in [0.15, 0.2) is 36.7 Å². The van der Waals surface area contributed by atoms with Crippen LogP contribution in [0, 0.1) is 6.92 Å². The predicted molar refractivity (Wildman–Crippen MR) is 106 cm³/mol. The van der Waals surface area contributed by atoms with Gasteiger partial charge in [-0.3, -0.25) is 9.48 Å². The maximum Gasteiger partial charge on any atom is 0.251 e. The van der Waals surface area contributed by atoms with Crippen molar-refractivity contribution in [2.24, 2.45) is 0 Å². The van der Waals surface area contributed by atoms with Gasteiger partial charge in [0.25, 0.3) is 5.91 Å². The molecule has 6 nitrogen and oxygen atoms in total. The van der Waals surface area contributed by atoms with Crippen molar-refractivity contribution in [3.63, 3.8) is 0 Å². The van der Waals surface area contributed by atoms with Gasteiger partial charge in [0.1, 0.15) is 0 Å². The van der Waals surface area contributed by atoms with E-state index >= 15 is 0 Å². The number of hydrogen-bond acceptors (Lipinski definition) is 4. The molecule has 1 amide bonds. The summed E-state index contributed by atoms with van der Waals surface area (Å²) < 4.78 is 12.8. The number of hydrogen-bond donors (Lipinski definition) is 1.